The first-order valence-corrected chi connectivity index (χ1v) is 14.7. The average molecular weight is 569 g/mol. The molecule has 0 spiro atoms. The first kappa shape index (κ1) is 28.6. The van der Waals surface area contributed by atoms with E-state index in [-0.39, 0.29) is 23.4 Å². The lowest BCUT2D eigenvalue weighted by molar-refractivity contribution is -0.154. The number of ether oxygens (including phenoxy) is 1. The van der Waals surface area contributed by atoms with Gasteiger partial charge in [-0.1, -0.05) is 35.9 Å². The number of benzene rings is 3. The number of rotatable bonds is 8. The maximum absolute atomic E-state index is 13.3. The van der Waals surface area contributed by atoms with E-state index in [0.717, 1.165) is 28.7 Å². The van der Waals surface area contributed by atoms with Gasteiger partial charge in [-0.2, -0.15) is 0 Å². The van der Waals surface area contributed by atoms with E-state index in [2.05, 4.69) is 10.0 Å². The third-order valence-electron chi connectivity index (χ3n) is 7.18. The molecule has 0 heterocycles. The van der Waals surface area contributed by atoms with Crippen LogP contribution >= 0.6 is 11.6 Å². The smallest absolute Gasteiger partial charge is 0.331 e. The molecular weight excluding hydrogens is 536 g/mol. The molecule has 0 unspecified atom stereocenters. The predicted octanol–water partition coefficient (Wildman–Crippen LogP) is 6.26. The highest BCUT2D eigenvalue weighted by Crippen LogP contribution is 2.35. The number of anilines is 1. The quantitative estimate of drug-likeness (QED) is 0.312. The molecular formula is C30H33ClN2O5S. The second kappa shape index (κ2) is 11.0. The lowest BCUT2D eigenvalue weighted by atomic mass is 9.76. The van der Waals surface area contributed by atoms with Gasteiger partial charge in [0, 0.05) is 16.3 Å². The Labute approximate surface area is 235 Å². The van der Waals surface area contributed by atoms with Crippen LogP contribution in [0, 0.1) is 27.7 Å². The Balaban J connectivity index is 1.59. The second-order valence-corrected chi connectivity index (χ2v) is 12.2. The summed E-state index contributed by atoms with van der Waals surface area (Å²) in [5.74, 6) is -0.695. The van der Waals surface area contributed by atoms with E-state index in [9.17, 15) is 18.0 Å². The van der Waals surface area contributed by atoms with Gasteiger partial charge in [0.2, 0.25) is 0 Å². The Bertz CT molecular complexity index is 1540. The number of hydrogen-bond acceptors (Lipinski definition) is 5. The molecule has 3 aromatic carbocycles. The average Bonchev–Trinajstić information content (AvgIpc) is 2.83. The number of aryl methyl sites for hydroxylation is 4. The molecule has 9 heteroatoms. The maximum Gasteiger partial charge on any atom is 0.331 e. The molecule has 1 aliphatic rings. The number of halogens is 1. The van der Waals surface area contributed by atoms with Crippen LogP contribution in [-0.2, 0) is 19.6 Å². The normalized spacial score (nSPS) is 14.3. The van der Waals surface area contributed by atoms with Gasteiger partial charge in [0.25, 0.3) is 15.9 Å². The van der Waals surface area contributed by atoms with Crippen molar-refractivity contribution in [1.82, 2.24) is 5.32 Å². The monoisotopic (exact) mass is 568 g/mol. The lowest BCUT2D eigenvalue weighted by Crippen LogP contribution is -2.59. The predicted molar refractivity (Wildman–Crippen MR) is 154 cm³/mol. The molecule has 1 aliphatic carbocycles. The Kier molecular flexibility index (Phi) is 8.09. The molecule has 1 fully saturated rings. The van der Waals surface area contributed by atoms with Gasteiger partial charge in [-0.05, 0) is 112 Å². The maximum atomic E-state index is 13.3. The van der Waals surface area contributed by atoms with Crippen molar-refractivity contribution in [2.24, 2.45) is 0 Å². The fourth-order valence-electron chi connectivity index (χ4n) is 4.96. The third-order valence-corrected chi connectivity index (χ3v) is 9.11. The SMILES string of the molecule is CCOC(=O)C1(NC(=O)c2c(C)cc(-c3cccc(NS(=O)(=O)c4cc(C)c(Cl)cc4C)c3)cc2C)CCC1. The van der Waals surface area contributed by atoms with Crippen LogP contribution in [0.25, 0.3) is 11.1 Å². The molecule has 2 N–H and O–H groups in total. The number of carbonyl (C=O) groups excluding carboxylic acids is 2. The van der Waals surface area contributed by atoms with Gasteiger partial charge in [0.15, 0.2) is 0 Å². The van der Waals surface area contributed by atoms with Crippen molar-refractivity contribution in [3.8, 4) is 11.1 Å². The molecule has 0 saturated heterocycles. The zero-order valence-electron chi connectivity index (χ0n) is 22.8. The van der Waals surface area contributed by atoms with Gasteiger partial charge >= 0.3 is 5.97 Å². The first-order valence-electron chi connectivity index (χ1n) is 12.9. The zero-order chi connectivity index (χ0) is 28.5. The molecule has 4 rings (SSSR count). The summed E-state index contributed by atoms with van der Waals surface area (Å²) < 4.78 is 34.2. The van der Waals surface area contributed by atoms with Gasteiger partial charge in [-0.15, -0.1) is 0 Å². The summed E-state index contributed by atoms with van der Waals surface area (Å²) in [6, 6.07) is 14.1. The molecule has 3 aromatic rings. The summed E-state index contributed by atoms with van der Waals surface area (Å²) in [6.07, 6.45) is 1.98. The molecule has 0 atom stereocenters. The number of hydrogen-bond donors (Lipinski definition) is 2. The second-order valence-electron chi connectivity index (χ2n) is 10.1. The minimum absolute atomic E-state index is 0.170. The van der Waals surface area contributed by atoms with E-state index in [0.29, 0.717) is 40.2 Å². The van der Waals surface area contributed by atoms with Crippen LogP contribution in [0.5, 0.6) is 0 Å². The van der Waals surface area contributed by atoms with Gasteiger partial charge in [0.1, 0.15) is 5.54 Å². The summed E-state index contributed by atoms with van der Waals surface area (Å²) in [4.78, 5) is 25.9. The molecule has 206 valence electrons. The van der Waals surface area contributed by atoms with Crippen molar-refractivity contribution in [1.29, 1.82) is 0 Å². The van der Waals surface area contributed by atoms with Crippen LogP contribution < -0.4 is 10.0 Å². The third kappa shape index (κ3) is 5.82. The molecule has 7 nitrogen and oxygen atoms in total. The van der Waals surface area contributed by atoms with Crippen molar-refractivity contribution in [2.45, 2.75) is 64.3 Å². The summed E-state index contributed by atoms with van der Waals surface area (Å²) >= 11 is 6.15. The Morgan fingerprint density at radius 3 is 2.18 bits per heavy atom. The van der Waals surface area contributed by atoms with E-state index >= 15 is 0 Å². The fraction of sp³-hybridized carbons (Fsp3) is 0.333. The van der Waals surface area contributed by atoms with Crippen molar-refractivity contribution < 1.29 is 22.7 Å². The van der Waals surface area contributed by atoms with Crippen LogP contribution in [0.4, 0.5) is 5.69 Å². The van der Waals surface area contributed by atoms with Gasteiger partial charge in [-0.25, -0.2) is 13.2 Å². The summed E-state index contributed by atoms with van der Waals surface area (Å²) in [5, 5.41) is 3.45. The topological polar surface area (TPSA) is 102 Å². The number of carbonyl (C=O) groups is 2. The molecule has 39 heavy (non-hydrogen) atoms. The highest BCUT2D eigenvalue weighted by molar-refractivity contribution is 7.92. The Hall–Kier alpha value is -3.36. The Morgan fingerprint density at radius 2 is 1.59 bits per heavy atom. The van der Waals surface area contributed by atoms with Crippen molar-refractivity contribution >= 4 is 39.2 Å². The van der Waals surface area contributed by atoms with Crippen LogP contribution in [0.2, 0.25) is 5.02 Å². The standard InChI is InChI=1S/C30H33ClN2O5S/c1-6-38-29(35)30(11-8-12-30)32-28(34)27-20(4)13-23(14-21(27)5)22-9-7-10-24(17-22)33-39(36,37)26-16-18(2)25(31)15-19(26)3/h7,9-10,13-17,33H,6,8,11-12H2,1-5H3,(H,32,34). The van der Waals surface area contributed by atoms with Crippen LogP contribution in [-0.4, -0.2) is 32.4 Å². The number of esters is 1. The Morgan fingerprint density at radius 1 is 0.923 bits per heavy atom. The number of amides is 1. The largest absolute Gasteiger partial charge is 0.464 e. The molecule has 0 bridgehead atoms. The van der Waals surface area contributed by atoms with E-state index in [1.54, 1.807) is 51.1 Å². The van der Waals surface area contributed by atoms with Crippen LogP contribution in [0.1, 0.15) is 58.8 Å². The van der Waals surface area contributed by atoms with Gasteiger partial charge < -0.3 is 10.1 Å². The van der Waals surface area contributed by atoms with Crippen molar-refractivity contribution in [3.05, 3.63) is 81.4 Å². The summed E-state index contributed by atoms with van der Waals surface area (Å²) in [6.45, 7) is 9.18. The zero-order valence-corrected chi connectivity index (χ0v) is 24.3. The number of sulfonamides is 1. The molecule has 0 aromatic heterocycles. The van der Waals surface area contributed by atoms with E-state index in [4.69, 9.17) is 16.3 Å². The molecule has 1 saturated carbocycles. The van der Waals surface area contributed by atoms with E-state index < -0.39 is 15.6 Å². The minimum Gasteiger partial charge on any atom is -0.464 e. The van der Waals surface area contributed by atoms with Crippen molar-refractivity contribution in [2.75, 3.05) is 11.3 Å². The first-order chi connectivity index (χ1) is 18.4. The van der Waals surface area contributed by atoms with E-state index in [1.165, 1.54) is 0 Å². The summed E-state index contributed by atoms with van der Waals surface area (Å²) in [5.41, 5.74) is 4.33. The van der Waals surface area contributed by atoms with Crippen LogP contribution in [0.3, 0.4) is 0 Å². The molecule has 0 radical (unpaired) electrons. The van der Waals surface area contributed by atoms with Crippen LogP contribution in [0.15, 0.2) is 53.4 Å². The van der Waals surface area contributed by atoms with E-state index in [1.807, 2.05) is 32.0 Å². The molecule has 0 aliphatic heterocycles. The highest BCUT2D eigenvalue weighted by atomic mass is 35.5. The minimum atomic E-state index is -3.84. The number of nitrogens with one attached hydrogen (secondary N) is 2. The van der Waals surface area contributed by atoms with Gasteiger partial charge in [-0.3, -0.25) is 9.52 Å². The summed E-state index contributed by atoms with van der Waals surface area (Å²) in [7, 11) is -3.84. The van der Waals surface area contributed by atoms with Gasteiger partial charge in [0.05, 0.1) is 11.5 Å². The van der Waals surface area contributed by atoms with Crippen molar-refractivity contribution in [3.63, 3.8) is 0 Å². The molecule has 1 amide bonds. The lowest BCUT2D eigenvalue weighted by Gasteiger charge is -2.39. The fourth-order valence-corrected chi connectivity index (χ4v) is 6.54. The highest BCUT2D eigenvalue weighted by Gasteiger charge is 2.47.